The predicted octanol–water partition coefficient (Wildman–Crippen LogP) is 2.88. The van der Waals surface area contributed by atoms with Gasteiger partial charge in [0.2, 0.25) is 0 Å². The Balaban J connectivity index is 1.85. The maximum atomic E-state index is 10.9. The van der Waals surface area contributed by atoms with Crippen LogP contribution in [0.25, 0.3) is 0 Å². The molecule has 0 heterocycles. The summed E-state index contributed by atoms with van der Waals surface area (Å²) in [6, 6.07) is 5.10. The number of hydrogen-bond acceptors (Lipinski definition) is 4. The second-order valence-corrected chi connectivity index (χ2v) is 5.03. The van der Waals surface area contributed by atoms with E-state index in [0.717, 1.165) is 18.0 Å². The fraction of sp³-hybridized carbons (Fsp3) is 0.571. The van der Waals surface area contributed by atoms with E-state index < -0.39 is 4.92 Å². The van der Waals surface area contributed by atoms with Crippen LogP contribution >= 0.6 is 0 Å². The number of nitrogens with one attached hydrogen (secondary N) is 1. The van der Waals surface area contributed by atoms with Gasteiger partial charge in [0.05, 0.1) is 12.0 Å². The molecule has 1 fully saturated rings. The zero-order valence-electron chi connectivity index (χ0n) is 11.2. The smallest absolute Gasteiger partial charge is 0.311 e. The number of nitro groups is 1. The van der Waals surface area contributed by atoms with Gasteiger partial charge in [0.25, 0.3) is 0 Å². The molecule has 1 aliphatic rings. The molecule has 104 valence electrons. The molecule has 1 aromatic carbocycles. The molecular formula is C14H20N2O3. The number of hydrogen-bond donors (Lipinski definition) is 1. The van der Waals surface area contributed by atoms with E-state index in [2.05, 4.69) is 5.32 Å². The van der Waals surface area contributed by atoms with Gasteiger partial charge in [0.15, 0.2) is 5.75 Å². The van der Waals surface area contributed by atoms with Gasteiger partial charge in [-0.05, 0) is 30.5 Å². The van der Waals surface area contributed by atoms with E-state index in [1.54, 1.807) is 12.1 Å². The summed E-state index contributed by atoms with van der Waals surface area (Å²) < 4.78 is 4.98. The lowest BCUT2D eigenvalue weighted by Crippen LogP contribution is -2.21. The van der Waals surface area contributed by atoms with Gasteiger partial charge in [0.1, 0.15) is 0 Å². The molecule has 0 bridgehead atoms. The van der Waals surface area contributed by atoms with E-state index in [1.165, 1.54) is 32.8 Å². The van der Waals surface area contributed by atoms with Crippen LogP contribution in [0.2, 0.25) is 0 Å². The largest absolute Gasteiger partial charge is 0.490 e. The van der Waals surface area contributed by atoms with Gasteiger partial charge >= 0.3 is 5.69 Å². The van der Waals surface area contributed by atoms with Crippen LogP contribution in [-0.2, 0) is 6.54 Å². The number of nitro benzene ring substituents is 1. The van der Waals surface area contributed by atoms with Crippen LogP contribution in [0.4, 0.5) is 5.69 Å². The summed E-state index contributed by atoms with van der Waals surface area (Å²) in [6.45, 7) is 1.64. The topological polar surface area (TPSA) is 64.4 Å². The van der Waals surface area contributed by atoms with E-state index >= 15 is 0 Å². The quantitative estimate of drug-likeness (QED) is 0.467. The molecule has 5 nitrogen and oxygen atoms in total. The summed E-state index contributed by atoms with van der Waals surface area (Å²) in [5.74, 6) is 1.20. The third-order valence-corrected chi connectivity index (χ3v) is 3.72. The highest BCUT2D eigenvalue weighted by Gasteiger charge is 2.17. The maximum absolute atomic E-state index is 10.9. The van der Waals surface area contributed by atoms with Gasteiger partial charge in [-0.25, -0.2) is 0 Å². The van der Waals surface area contributed by atoms with Crippen molar-refractivity contribution in [3.05, 3.63) is 33.9 Å². The normalized spacial score (nSPS) is 15.0. The van der Waals surface area contributed by atoms with Crippen molar-refractivity contribution in [3.63, 3.8) is 0 Å². The van der Waals surface area contributed by atoms with E-state index in [9.17, 15) is 10.1 Å². The van der Waals surface area contributed by atoms with Gasteiger partial charge in [-0.1, -0.05) is 25.3 Å². The molecule has 1 aromatic rings. The molecule has 0 atom stereocenters. The summed E-state index contributed by atoms with van der Waals surface area (Å²) in [7, 11) is 1.44. The molecule has 1 saturated carbocycles. The SMILES string of the molecule is COc1ccc(CNCCC2CCC2)cc1[N+](=O)[O-]. The molecule has 0 amide bonds. The Labute approximate surface area is 113 Å². The van der Waals surface area contributed by atoms with Crippen LogP contribution in [-0.4, -0.2) is 18.6 Å². The predicted molar refractivity (Wildman–Crippen MR) is 73.3 cm³/mol. The maximum Gasteiger partial charge on any atom is 0.311 e. The lowest BCUT2D eigenvalue weighted by Gasteiger charge is -2.25. The Hall–Kier alpha value is -1.62. The zero-order chi connectivity index (χ0) is 13.7. The van der Waals surface area contributed by atoms with Crippen molar-refractivity contribution in [1.82, 2.24) is 5.32 Å². The third kappa shape index (κ3) is 3.67. The van der Waals surface area contributed by atoms with Gasteiger partial charge in [-0.15, -0.1) is 0 Å². The molecule has 0 aliphatic heterocycles. The second-order valence-electron chi connectivity index (χ2n) is 5.03. The van der Waals surface area contributed by atoms with E-state index in [0.29, 0.717) is 12.3 Å². The van der Waals surface area contributed by atoms with Gasteiger partial charge in [0, 0.05) is 12.6 Å². The standard InChI is InChI=1S/C14H20N2O3/c1-19-14-6-5-12(9-13(14)16(17)18)10-15-8-7-11-3-2-4-11/h5-6,9,11,15H,2-4,7-8,10H2,1H3. The van der Waals surface area contributed by atoms with Crippen LogP contribution in [0.3, 0.4) is 0 Å². The van der Waals surface area contributed by atoms with Gasteiger partial charge in [-0.2, -0.15) is 0 Å². The molecule has 1 N–H and O–H groups in total. The van der Waals surface area contributed by atoms with Crippen molar-refractivity contribution < 1.29 is 9.66 Å². The number of nitrogens with zero attached hydrogens (tertiary/aromatic N) is 1. The van der Waals surface area contributed by atoms with Gasteiger partial charge < -0.3 is 10.1 Å². The molecule has 0 radical (unpaired) electrons. The first-order chi connectivity index (χ1) is 9.20. The molecule has 19 heavy (non-hydrogen) atoms. The summed E-state index contributed by atoms with van der Waals surface area (Å²) >= 11 is 0. The van der Waals surface area contributed by atoms with Crippen LogP contribution in [0.5, 0.6) is 5.75 Å². The molecular weight excluding hydrogens is 244 g/mol. The summed E-state index contributed by atoms with van der Waals surface area (Å²) in [4.78, 5) is 10.5. The van der Waals surface area contributed by atoms with Crippen molar-refractivity contribution in [2.24, 2.45) is 5.92 Å². The second kappa shape index (κ2) is 6.52. The van der Waals surface area contributed by atoms with Crippen LogP contribution in [0.1, 0.15) is 31.2 Å². The first kappa shape index (κ1) is 13.8. The Morgan fingerprint density at radius 2 is 2.26 bits per heavy atom. The Kier molecular flexibility index (Phi) is 4.74. The fourth-order valence-electron chi connectivity index (χ4n) is 2.31. The minimum absolute atomic E-state index is 0.0285. The minimum atomic E-state index is -0.406. The third-order valence-electron chi connectivity index (χ3n) is 3.72. The average Bonchev–Trinajstić information content (AvgIpc) is 2.36. The van der Waals surface area contributed by atoms with E-state index in [-0.39, 0.29) is 5.69 Å². The number of rotatable bonds is 7. The molecule has 5 heteroatoms. The van der Waals surface area contributed by atoms with E-state index in [1.807, 2.05) is 6.07 Å². The molecule has 0 saturated heterocycles. The fourth-order valence-corrected chi connectivity index (χ4v) is 2.31. The monoisotopic (exact) mass is 264 g/mol. The van der Waals surface area contributed by atoms with Crippen molar-refractivity contribution in [2.45, 2.75) is 32.2 Å². The Morgan fingerprint density at radius 1 is 1.47 bits per heavy atom. The highest BCUT2D eigenvalue weighted by atomic mass is 16.6. The minimum Gasteiger partial charge on any atom is -0.490 e. The summed E-state index contributed by atoms with van der Waals surface area (Å²) in [5, 5.41) is 14.2. The highest BCUT2D eigenvalue weighted by Crippen LogP contribution is 2.29. The molecule has 0 aromatic heterocycles. The van der Waals surface area contributed by atoms with Crippen molar-refractivity contribution in [3.8, 4) is 5.75 Å². The van der Waals surface area contributed by atoms with Crippen LogP contribution in [0.15, 0.2) is 18.2 Å². The highest BCUT2D eigenvalue weighted by molar-refractivity contribution is 5.48. The summed E-state index contributed by atoms with van der Waals surface area (Å²) in [6.07, 6.45) is 5.29. The first-order valence-electron chi connectivity index (χ1n) is 6.72. The molecule has 0 unspecified atom stereocenters. The molecule has 2 rings (SSSR count). The van der Waals surface area contributed by atoms with Crippen LogP contribution in [0, 0.1) is 16.0 Å². The Morgan fingerprint density at radius 3 is 2.84 bits per heavy atom. The van der Waals surface area contributed by atoms with Crippen molar-refractivity contribution >= 4 is 5.69 Å². The number of benzene rings is 1. The van der Waals surface area contributed by atoms with E-state index in [4.69, 9.17) is 4.74 Å². The number of methoxy groups -OCH3 is 1. The summed E-state index contributed by atoms with van der Waals surface area (Å²) in [5.41, 5.74) is 0.946. The molecule has 0 spiro atoms. The Bertz CT molecular complexity index is 444. The lowest BCUT2D eigenvalue weighted by molar-refractivity contribution is -0.385. The lowest BCUT2D eigenvalue weighted by atomic mass is 9.83. The van der Waals surface area contributed by atoms with Gasteiger partial charge in [-0.3, -0.25) is 10.1 Å². The van der Waals surface area contributed by atoms with Crippen LogP contribution < -0.4 is 10.1 Å². The zero-order valence-corrected chi connectivity index (χ0v) is 11.2. The van der Waals surface area contributed by atoms with Crippen molar-refractivity contribution in [1.29, 1.82) is 0 Å². The molecule has 1 aliphatic carbocycles. The average molecular weight is 264 g/mol. The van der Waals surface area contributed by atoms with Crippen molar-refractivity contribution in [2.75, 3.05) is 13.7 Å². The number of ether oxygens (including phenoxy) is 1. The first-order valence-corrected chi connectivity index (χ1v) is 6.72.